The van der Waals surface area contributed by atoms with Crippen LogP contribution in [0.4, 0.5) is 0 Å². The molecule has 0 fully saturated rings. The van der Waals surface area contributed by atoms with E-state index in [-0.39, 0.29) is 30.3 Å². The molecule has 0 spiro atoms. The molecule has 0 unspecified atom stereocenters. The summed E-state index contributed by atoms with van der Waals surface area (Å²) >= 11 is 0. The van der Waals surface area contributed by atoms with Crippen molar-refractivity contribution in [2.75, 3.05) is 6.61 Å². The van der Waals surface area contributed by atoms with E-state index in [4.69, 9.17) is 4.74 Å². The van der Waals surface area contributed by atoms with Crippen LogP contribution in [0, 0.1) is 0 Å². The number of amides is 4. The number of hydrogen-bond donors (Lipinski definition) is 1. The molecule has 4 rings (SSSR count). The molecule has 0 bridgehead atoms. The van der Waals surface area contributed by atoms with Crippen LogP contribution in [0.25, 0.3) is 0 Å². The zero-order chi connectivity index (χ0) is 24.1. The van der Waals surface area contributed by atoms with Crippen LogP contribution in [0.3, 0.4) is 0 Å². The lowest BCUT2D eigenvalue weighted by Gasteiger charge is -2.14. The molecule has 1 N–H and O–H groups in total. The van der Waals surface area contributed by atoms with E-state index in [9.17, 15) is 24.0 Å². The Labute approximate surface area is 195 Å². The topological polar surface area (TPSA) is 110 Å². The van der Waals surface area contributed by atoms with Gasteiger partial charge in [0, 0.05) is 0 Å². The molecule has 8 nitrogen and oxygen atoms in total. The van der Waals surface area contributed by atoms with Crippen molar-refractivity contribution < 1.29 is 28.7 Å². The molecule has 0 atom stereocenters. The number of benzene rings is 3. The Balaban J connectivity index is 1.27. The second kappa shape index (κ2) is 9.91. The summed E-state index contributed by atoms with van der Waals surface area (Å²) in [4.78, 5) is 62.2. The smallest absolute Gasteiger partial charge is 0.338 e. The first-order valence-corrected chi connectivity index (χ1v) is 10.5. The molecule has 4 amide bonds. The fraction of sp³-hybridized carbons (Fsp3) is 0.115. The summed E-state index contributed by atoms with van der Waals surface area (Å²) in [6.07, 6.45) is 0.0368. The number of nitrogens with one attached hydrogen (secondary N) is 1. The Bertz CT molecular complexity index is 1230. The van der Waals surface area contributed by atoms with Crippen molar-refractivity contribution in [3.63, 3.8) is 0 Å². The third-order valence-electron chi connectivity index (χ3n) is 5.23. The molecule has 3 aromatic rings. The number of fused-ring (bicyclic) bond motifs is 1. The van der Waals surface area contributed by atoms with E-state index < -0.39 is 24.4 Å². The van der Waals surface area contributed by atoms with Gasteiger partial charge in [-0.1, -0.05) is 54.6 Å². The molecule has 8 heteroatoms. The predicted molar refractivity (Wildman–Crippen MR) is 121 cm³/mol. The average molecular weight is 456 g/mol. The Hall–Kier alpha value is -4.59. The zero-order valence-electron chi connectivity index (χ0n) is 18.0. The first-order valence-electron chi connectivity index (χ1n) is 10.5. The number of rotatable bonds is 7. The highest BCUT2D eigenvalue weighted by atomic mass is 16.5. The molecule has 170 valence electrons. The first-order chi connectivity index (χ1) is 16.4. The van der Waals surface area contributed by atoms with Crippen LogP contribution in [-0.2, 0) is 27.3 Å². The standard InChI is InChI=1S/C26H20N2O6/c29-22(14-17-6-2-1-3-7-17)27-23(30)16-34-26(33)19-12-10-18(11-13-19)15-28-24(31)20-8-4-5-9-21(20)25(28)32/h1-13H,14-16H2,(H,27,29,30). The number of carbonyl (C=O) groups excluding carboxylic acids is 5. The Morgan fingerprint density at radius 2 is 1.29 bits per heavy atom. The van der Waals surface area contributed by atoms with E-state index in [0.717, 1.165) is 10.5 Å². The maximum Gasteiger partial charge on any atom is 0.338 e. The van der Waals surface area contributed by atoms with E-state index in [2.05, 4.69) is 5.32 Å². The van der Waals surface area contributed by atoms with Crippen LogP contribution < -0.4 is 5.32 Å². The second-order valence-electron chi connectivity index (χ2n) is 7.65. The fourth-order valence-corrected chi connectivity index (χ4v) is 3.54. The van der Waals surface area contributed by atoms with Crippen molar-refractivity contribution in [2.24, 2.45) is 0 Å². The van der Waals surface area contributed by atoms with Crippen LogP contribution in [0.2, 0.25) is 0 Å². The lowest BCUT2D eigenvalue weighted by molar-refractivity contribution is -0.132. The van der Waals surface area contributed by atoms with Gasteiger partial charge in [0.15, 0.2) is 6.61 Å². The Kier molecular flexibility index (Phi) is 6.59. The normalized spacial score (nSPS) is 12.3. The van der Waals surface area contributed by atoms with Crippen molar-refractivity contribution in [3.05, 3.63) is 107 Å². The molecule has 0 saturated heterocycles. The molecule has 1 heterocycles. The molecule has 0 radical (unpaired) electrons. The second-order valence-corrected chi connectivity index (χ2v) is 7.65. The predicted octanol–water partition coefficient (Wildman–Crippen LogP) is 2.53. The van der Waals surface area contributed by atoms with Crippen molar-refractivity contribution >= 4 is 29.6 Å². The molecule has 1 aliphatic rings. The maximum atomic E-state index is 12.5. The molecule has 0 saturated carbocycles. The van der Waals surface area contributed by atoms with Gasteiger partial charge >= 0.3 is 5.97 Å². The van der Waals surface area contributed by atoms with E-state index in [1.807, 2.05) is 6.07 Å². The molecule has 0 aliphatic carbocycles. The molecule has 1 aliphatic heterocycles. The Morgan fingerprint density at radius 3 is 1.91 bits per heavy atom. The molecular formula is C26H20N2O6. The van der Waals surface area contributed by atoms with E-state index in [1.54, 1.807) is 60.7 Å². The van der Waals surface area contributed by atoms with Crippen LogP contribution in [0.1, 0.15) is 42.2 Å². The van der Waals surface area contributed by atoms with Gasteiger partial charge in [-0.25, -0.2) is 4.79 Å². The summed E-state index contributed by atoms with van der Waals surface area (Å²) in [5.41, 5.74) is 2.33. The van der Waals surface area contributed by atoms with Gasteiger partial charge in [0.25, 0.3) is 17.7 Å². The fourth-order valence-electron chi connectivity index (χ4n) is 3.54. The summed E-state index contributed by atoms with van der Waals surface area (Å²) in [7, 11) is 0. The van der Waals surface area contributed by atoms with Gasteiger partial charge in [-0.3, -0.25) is 29.4 Å². The van der Waals surface area contributed by atoms with Crippen LogP contribution in [0.15, 0.2) is 78.9 Å². The maximum absolute atomic E-state index is 12.5. The summed E-state index contributed by atoms with van der Waals surface area (Å²) < 4.78 is 4.97. The van der Waals surface area contributed by atoms with Crippen molar-refractivity contribution in [3.8, 4) is 0 Å². The average Bonchev–Trinajstić information content (AvgIpc) is 3.08. The number of imide groups is 2. The van der Waals surface area contributed by atoms with Gasteiger partial charge in [-0.05, 0) is 35.4 Å². The number of hydrogen-bond acceptors (Lipinski definition) is 6. The SMILES string of the molecule is O=C(COC(=O)c1ccc(CN2C(=O)c3ccccc3C2=O)cc1)NC(=O)Cc1ccccc1. The minimum absolute atomic E-state index is 0.0368. The van der Waals surface area contributed by atoms with Gasteiger partial charge in [0.05, 0.1) is 29.7 Å². The minimum Gasteiger partial charge on any atom is -0.452 e. The van der Waals surface area contributed by atoms with Gasteiger partial charge < -0.3 is 4.74 Å². The number of nitrogens with zero attached hydrogens (tertiary/aromatic N) is 1. The Morgan fingerprint density at radius 1 is 0.706 bits per heavy atom. The quantitative estimate of drug-likeness (QED) is 0.432. The summed E-state index contributed by atoms with van der Waals surface area (Å²) in [5, 5.41) is 2.18. The minimum atomic E-state index is -0.738. The lowest BCUT2D eigenvalue weighted by Crippen LogP contribution is -2.35. The molecule has 34 heavy (non-hydrogen) atoms. The van der Waals surface area contributed by atoms with Crippen LogP contribution in [-0.4, -0.2) is 41.1 Å². The van der Waals surface area contributed by atoms with Crippen LogP contribution >= 0.6 is 0 Å². The van der Waals surface area contributed by atoms with Crippen molar-refractivity contribution in [1.29, 1.82) is 0 Å². The zero-order valence-corrected chi connectivity index (χ0v) is 18.0. The summed E-state index contributed by atoms with van der Waals surface area (Å²) in [6.45, 7) is -0.538. The van der Waals surface area contributed by atoms with Crippen LogP contribution in [0.5, 0.6) is 0 Å². The highest BCUT2D eigenvalue weighted by Crippen LogP contribution is 2.24. The molecule has 3 aromatic carbocycles. The van der Waals surface area contributed by atoms with E-state index >= 15 is 0 Å². The number of carbonyl (C=O) groups is 5. The number of esters is 1. The highest BCUT2D eigenvalue weighted by molar-refractivity contribution is 6.21. The molecular weight excluding hydrogens is 436 g/mol. The molecule has 0 aromatic heterocycles. The van der Waals surface area contributed by atoms with Gasteiger partial charge in [-0.15, -0.1) is 0 Å². The van der Waals surface area contributed by atoms with Gasteiger partial charge in [0.1, 0.15) is 0 Å². The summed E-state index contributed by atoms with van der Waals surface area (Å²) in [5.74, 6) is -2.69. The largest absolute Gasteiger partial charge is 0.452 e. The highest BCUT2D eigenvalue weighted by Gasteiger charge is 2.34. The van der Waals surface area contributed by atoms with Gasteiger partial charge in [0.2, 0.25) is 5.91 Å². The van der Waals surface area contributed by atoms with Gasteiger partial charge in [-0.2, -0.15) is 0 Å². The lowest BCUT2D eigenvalue weighted by atomic mass is 10.1. The monoisotopic (exact) mass is 456 g/mol. The third kappa shape index (κ3) is 5.07. The van der Waals surface area contributed by atoms with Crippen molar-refractivity contribution in [1.82, 2.24) is 10.2 Å². The van der Waals surface area contributed by atoms with E-state index in [1.165, 1.54) is 12.1 Å². The van der Waals surface area contributed by atoms with E-state index in [0.29, 0.717) is 16.7 Å². The third-order valence-corrected chi connectivity index (χ3v) is 5.23. The summed E-state index contributed by atoms with van der Waals surface area (Å²) in [6, 6.07) is 21.7. The number of ether oxygens (including phenoxy) is 1. The van der Waals surface area contributed by atoms with Crippen molar-refractivity contribution in [2.45, 2.75) is 13.0 Å². The first kappa shape index (κ1) is 22.6.